The largest absolute Gasteiger partial charge is 0.346 e. The summed E-state index contributed by atoms with van der Waals surface area (Å²) in [4.78, 5) is 1.74. The molecule has 0 atom stereocenters. The van der Waals surface area contributed by atoms with Crippen LogP contribution in [0.15, 0.2) is 30.3 Å². The van der Waals surface area contributed by atoms with Crippen molar-refractivity contribution in [2.24, 2.45) is 0 Å². The van der Waals surface area contributed by atoms with Crippen molar-refractivity contribution >= 4 is 11.6 Å². The molecule has 0 aromatic heterocycles. The van der Waals surface area contributed by atoms with Gasteiger partial charge in [-0.25, -0.2) is 0 Å². The van der Waals surface area contributed by atoms with E-state index in [4.69, 9.17) is 2.82 Å². The third-order valence-corrected chi connectivity index (χ3v) is 1.80. The topological polar surface area (TPSA) is 39.1 Å². The SMILES string of the molecule is [2H]N=C(N(C)CC)N([2H])c1ccccc1. The Morgan fingerprint density at radius 3 is 2.85 bits per heavy atom. The summed E-state index contributed by atoms with van der Waals surface area (Å²) < 4.78 is 14.9. The van der Waals surface area contributed by atoms with Gasteiger partial charge in [0.1, 0.15) is 0 Å². The zero-order valence-electron chi connectivity index (χ0n) is 9.94. The zero-order chi connectivity index (χ0) is 11.3. The Balaban J connectivity index is 2.88. The number of benzene rings is 1. The Morgan fingerprint density at radius 1 is 1.62 bits per heavy atom. The Hall–Kier alpha value is -1.51. The van der Waals surface area contributed by atoms with E-state index < -0.39 is 0 Å². The van der Waals surface area contributed by atoms with Crippen LogP contribution in [0.5, 0.6) is 0 Å². The van der Waals surface area contributed by atoms with E-state index in [2.05, 4.69) is 5.40 Å². The molecule has 3 heteroatoms. The molecular formula is C10H15N3. The maximum absolute atomic E-state index is 7.84. The highest BCUT2D eigenvalue weighted by Crippen LogP contribution is 2.04. The molecule has 0 saturated heterocycles. The first-order valence-corrected chi connectivity index (χ1v) is 4.28. The van der Waals surface area contributed by atoms with Crippen molar-refractivity contribution in [2.75, 3.05) is 18.9 Å². The van der Waals surface area contributed by atoms with E-state index in [-0.39, 0.29) is 0 Å². The van der Waals surface area contributed by atoms with Gasteiger partial charge in [0.05, 0.1) is 0 Å². The first-order chi connectivity index (χ1) is 7.20. The van der Waals surface area contributed by atoms with Crippen molar-refractivity contribution in [1.82, 2.24) is 4.90 Å². The van der Waals surface area contributed by atoms with Crippen LogP contribution in [0.3, 0.4) is 0 Å². The molecule has 0 spiro atoms. The lowest BCUT2D eigenvalue weighted by Crippen LogP contribution is -2.31. The van der Waals surface area contributed by atoms with Crippen LogP contribution in [0.1, 0.15) is 6.92 Å². The molecule has 1 rings (SSSR count). The fraction of sp³-hybridized carbons (Fsp3) is 0.300. The standard InChI is InChI=1S/C10H15N3/c1-3-13(2)10(11)12-9-7-5-4-6-8-9/h4-8H,3H2,1-2H3,(H2,11,12)/i/hD2. The minimum absolute atomic E-state index is 0.309. The number of nitrogens with one attached hydrogen (secondary N) is 2. The minimum atomic E-state index is 0.309. The second kappa shape index (κ2) is 4.50. The summed E-state index contributed by atoms with van der Waals surface area (Å²) in [5, 5.41) is 4.52. The molecule has 0 bridgehead atoms. The molecule has 0 radical (unpaired) electrons. The van der Waals surface area contributed by atoms with E-state index in [0.717, 1.165) is 5.31 Å². The van der Waals surface area contributed by atoms with Gasteiger partial charge in [-0.15, -0.1) is 0 Å². The molecule has 0 aliphatic carbocycles. The number of guanidine groups is 1. The molecule has 0 amide bonds. The second-order valence-corrected chi connectivity index (χ2v) is 2.76. The van der Waals surface area contributed by atoms with E-state index in [1.165, 1.54) is 0 Å². The monoisotopic (exact) mass is 179 g/mol. The van der Waals surface area contributed by atoms with Gasteiger partial charge in [-0.05, 0) is 19.1 Å². The predicted octanol–water partition coefficient (Wildman–Crippen LogP) is 1.98. The maximum Gasteiger partial charge on any atom is 0.195 e. The summed E-state index contributed by atoms with van der Waals surface area (Å²) in [6.45, 7) is 2.66. The fourth-order valence-corrected chi connectivity index (χ4v) is 0.845. The second-order valence-electron chi connectivity index (χ2n) is 2.76. The Kier molecular flexibility index (Phi) is 2.40. The van der Waals surface area contributed by atoms with Crippen molar-refractivity contribution in [1.29, 1.82) is 5.40 Å². The summed E-state index contributed by atoms with van der Waals surface area (Å²) in [5.74, 6) is 0.309. The van der Waals surface area contributed by atoms with Gasteiger partial charge in [0.15, 0.2) is 8.78 Å². The zero-order valence-corrected chi connectivity index (χ0v) is 7.94. The molecule has 3 nitrogen and oxygen atoms in total. The van der Waals surface area contributed by atoms with Gasteiger partial charge in [-0.1, -0.05) is 18.2 Å². The maximum atomic E-state index is 7.84. The van der Waals surface area contributed by atoms with Crippen LogP contribution >= 0.6 is 0 Å². The Labute approximate surface area is 81.8 Å². The number of rotatable bonds is 2. The van der Waals surface area contributed by atoms with Crippen LogP contribution in [-0.4, -0.2) is 24.5 Å². The van der Waals surface area contributed by atoms with E-state index in [1.54, 1.807) is 11.9 Å². The van der Waals surface area contributed by atoms with Crippen molar-refractivity contribution < 1.29 is 2.82 Å². The van der Waals surface area contributed by atoms with E-state index in [0.29, 0.717) is 18.2 Å². The van der Waals surface area contributed by atoms with E-state index >= 15 is 0 Å². The Morgan fingerprint density at radius 2 is 2.31 bits per heavy atom. The smallest absolute Gasteiger partial charge is 0.195 e. The first kappa shape index (κ1) is 6.95. The van der Waals surface area contributed by atoms with Crippen LogP contribution in [-0.2, 0) is 0 Å². The summed E-state index contributed by atoms with van der Waals surface area (Å²) in [5.41, 5.74) is 0.698. The molecule has 0 fully saturated rings. The minimum Gasteiger partial charge on any atom is -0.346 e. The summed E-state index contributed by atoms with van der Waals surface area (Å²) in [6.07, 6.45) is 0. The third-order valence-electron chi connectivity index (χ3n) is 1.80. The number of para-hydroxylation sites is 1. The molecule has 0 aliphatic heterocycles. The molecule has 13 heavy (non-hydrogen) atoms. The highest BCUT2D eigenvalue weighted by atomic mass is 15.3. The van der Waals surface area contributed by atoms with Crippen LogP contribution in [0, 0.1) is 5.40 Å². The van der Waals surface area contributed by atoms with Crippen molar-refractivity contribution in [3.63, 3.8) is 0 Å². The molecular weight excluding hydrogens is 162 g/mol. The lowest BCUT2D eigenvalue weighted by Gasteiger charge is -2.18. The van der Waals surface area contributed by atoms with Gasteiger partial charge in [0.25, 0.3) is 0 Å². The molecule has 0 saturated carbocycles. The molecule has 0 aliphatic rings. The van der Waals surface area contributed by atoms with Gasteiger partial charge in [0.2, 0.25) is 0 Å². The average molecular weight is 179 g/mol. The lowest BCUT2D eigenvalue weighted by atomic mass is 10.3. The quantitative estimate of drug-likeness (QED) is 0.538. The highest BCUT2D eigenvalue weighted by molar-refractivity contribution is 5.90. The number of nitrogens with zero attached hydrogens (tertiary/aromatic N) is 1. The van der Waals surface area contributed by atoms with Crippen LogP contribution in [0.2, 0.25) is 2.82 Å². The normalized spacial score (nSPS) is 13.2. The number of hydrogen-bond acceptors (Lipinski definition) is 1. The molecule has 1 aromatic rings. The first-order valence-electron chi connectivity index (χ1n) is 5.17. The number of anilines is 1. The van der Waals surface area contributed by atoms with E-state index in [9.17, 15) is 0 Å². The summed E-state index contributed by atoms with van der Waals surface area (Å²) >= 11 is 0. The van der Waals surface area contributed by atoms with Gasteiger partial charge >= 0.3 is 0 Å². The lowest BCUT2D eigenvalue weighted by molar-refractivity contribution is 0.530. The van der Waals surface area contributed by atoms with Crippen molar-refractivity contribution in [3.05, 3.63) is 30.3 Å². The molecule has 0 unspecified atom stereocenters. The van der Waals surface area contributed by atoms with Crippen LogP contribution < -0.4 is 5.31 Å². The summed E-state index contributed by atoms with van der Waals surface area (Å²) in [7, 11) is 1.80. The number of hydrogen-bond donors (Lipinski definition) is 2. The van der Waals surface area contributed by atoms with Gasteiger partial charge in [-0.2, -0.15) is 0 Å². The van der Waals surface area contributed by atoms with Crippen LogP contribution in [0.4, 0.5) is 5.69 Å². The van der Waals surface area contributed by atoms with Gasteiger partial charge < -0.3 is 10.2 Å². The molecule has 2 N–H and O–H groups in total. The summed E-state index contributed by atoms with van der Waals surface area (Å²) in [6, 6.07) is 9.20. The van der Waals surface area contributed by atoms with Crippen molar-refractivity contribution in [2.45, 2.75) is 6.92 Å². The molecule has 0 heterocycles. The van der Waals surface area contributed by atoms with E-state index in [1.807, 2.05) is 37.3 Å². The van der Waals surface area contributed by atoms with Crippen molar-refractivity contribution in [3.8, 4) is 0 Å². The van der Waals surface area contributed by atoms with Gasteiger partial charge in [0, 0.05) is 19.3 Å². The van der Waals surface area contributed by atoms with Crippen LogP contribution in [0.25, 0.3) is 0 Å². The molecule has 1 aromatic carbocycles. The highest BCUT2D eigenvalue weighted by Gasteiger charge is 2.00. The average Bonchev–Trinajstić information content (AvgIpc) is 2.30. The Bertz CT molecular complexity index is 327. The third kappa shape index (κ3) is 2.78. The van der Waals surface area contributed by atoms with Gasteiger partial charge in [-0.3, -0.25) is 5.40 Å². The fourth-order valence-electron chi connectivity index (χ4n) is 0.845. The predicted molar refractivity (Wildman–Crippen MR) is 56.1 cm³/mol. The molecule has 70 valence electrons.